The van der Waals surface area contributed by atoms with Crippen LogP contribution in [0.4, 0.5) is 0 Å². The Labute approximate surface area is 101 Å². The van der Waals surface area contributed by atoms with Crippen LogP contribution < -0.4 is 5.73 Å². The minimum atomic E-state index is 0.520. The van der Waals surface area contributed by atoms with E-state index in [4.69, 9.17) is 10.2 Å². The Morgan fingerprint density at radius 1 is 1.47 bits per heavy atom. The van der Waals surface area contributed by atoms with Gasteiger partial charge in [-0.25, -0.2) is 4.98 Å². The highest BCUT2D eigenvalue weighted by molar-refractivity contribution is 5.12. The molecule has 2 aromatic heterocycles. The van der Waals surface area contributed by atoms with Gasteiger partial charge in [0, 0.05) is 31.5 Å². The molecule has 0 fully saturated rings. The molecule has 0 aliphatic rings. The zero-order valence-corrected chi connectivity index (χ0v) is 10.3. The van der Waals surface area contributed by atoms with Crippen LogP contribution in [0, 0.1) is 0 Å². The summed E-state index contributed by atoms with van der Waals surface area (Å²) in [5, 5.41) is 0. The zero-order valence-electron chi connectivity index (χ0n) is 10.3. The van der Waals surface area contributed by atoms with E-state index in [0.29, 0.717) is 6.54 Å². The van der Waals surface area contributed by atoms with Crippen LogP contribution in [-0.2, 0) is 26.7 Å². The van der Waals surface area contributed by atoms with Crippen LogP contribution in [0.5, 0.6) is 0 Å². The van der Waals surface area contributed by atoms with Crippen molar-refractivity contribution in [3.63, 3.8) is 0 Å². The van der Waals surface area contributed by atoms with Gasteiger partial charge in [0.2, 0.25) is 0 Å². The van der Waals surface area contributed by atoms with E-state index >= 15 is 0 Å². The van der Waals surface area contributed by atoms with E-state index in [9.17, 15) is 0 Å². The normalized spacial score (nSPS) is 11.3. The van der Waals surface area contributed by atoms with Crippen molar-refractivity contribution in [3.05, 3.63) is 41.9 Å². The smallest absolute Gasteiger partial charge is 0.122 e. The third-order valence-corrected chi connectivity index (χ3v) is 2.70. The summed E-state index contributed by atoms with van der Waals surface area (Å²) < 4.78 is 7.44. The number of imidazole rings is 1. The second kappa shape index (κ2) is 5.16. The van der Waals surface area contributed by atoms with Gasteiger partial charge in [-0.05, 0) is 13.1 Å². The van der Waals surface area contributed by atoms with Gasteiger partial charge in [-0.2, -0.15) is 0 Å². The maximum atomic E-state index is 5.54. The van der Waals surface area contributed by atoms with Crippen molar-refractivity contribution >= 4 is 0 Å². The van der Waals surface area contributed by atoms with Gasteiger partial charge >= 0.3 is 0 Å². The summed E-state index contributed by atoms with van der Waals surface area (Å²) in [5.74, 6) is 1.97. The van der Waals surface area contributed by atoms with Crippen molar-refractivity contribution in [2.24, 2.45) is 12.8 Å². The molecule has 0 atom stereocenters. The number of rotatable bonds is 5. The lowest BCUT2D eigenvalue weighted by molar-refractivity contribution is 0.278. The molecular weight excluding hydrogens is 216 g/mol. The first-order chi connectivity index (χ1) is 8.19. The molecule has 0 saturated carbocycles. The SMILES string of the molecule is CN(Cc1cc(CN)co1)Cc1nccn1C. The lowest BCUT2D eigenvalue weighted by atomic mass is 10.3. The quantitative estimate of drug-likeness (QED) is 0.841. The molecule has 0 bridgehead atoms. The number of nitrogens with two attached hydrogens (primary N) is 1. The van der Waals surface area contributed by atoms with Crippen LogP contribution in [0.15, 0.2) is 29.1 Å². The van der Waals surface area contributed by atoms with Crippen LogP contribution in [0.2, 0.25) is 0 Å². The number of hydrogen-bond acceptors (Lipinski definition) is 4. The molecule has 92 valence electrons. The molecule has 0 radical (unpaired) electrons. The van der Waals surface area contributed by atoms with Crippen molar-refractivity contribution in [1.29, 1.82) is 0 Å². The van der Waals surface area contributed by atoms with Crippen molar-refractivity contribution in [1.82, 2.24) is 14.5 Å². The summed E-state index contributed by atoms with van der Waals surface area (Å²) in [6.07, 6.45) is 5.47. The summed E-state index contributed by atoms with van der Waals surface area (Å²) in [6, 6.07) is 1.99. The number of aromatic nitrogens is 2. The van der Waals surface area contributed by atoms with E-state index in [1.165, 1.54) is 0 Å². The van der Waals surface area contributed by atoms with E-state index in [-0.39, 0.29) is 0 Å². The van der Waals surface area contributed by atoms with Gasteiger partial charge in [-0.15, -0.1) is 0 Å². The second-order valence-corrected chi connectivity index (χ2v) is 4.25. The van der Waals surface area contributed by atoms with Gasteiger partial charge in [-0.3, -0.25) is 4.90 Å². The molecule has 17 heavy (non-hydrogen) atoms. The lowest BCUT2D eigenvalue weighted by Crippen LogP contribution is -2.19. The maximum absolute atomic E-state index is 5.54. The second-order valence-electron chi connectivity index (χ2n) is 4.25. The molecular formula is C12H18N4O. The highest BCUT2D eigenvalue weighted by Gasteiger charge is 2.07. The van der Waals surface area contributed by atoms with Crippen molar-refractivity contribution < 1.29 is 4.42 Å². The standard InChI is InChI=1S/C12H18N4O/c1-15(8-12-14-3-4-16(12)2)7-11-5-10(6-13)9-17-11/h3-5,9H,6-8,13H2,1-2H3. The van der Waals surface area contributed by atoms with Crippen molar-refractivity contribution in [2.75, 3.05) is 7.05 Å². The minimum Gasteiger partial charge on any atom is -0.468 e. The molecule has 0 unspecified atom stereocenters. The average molecular weight is 234 g/mol. The van der Waals surface area contributed by atoms with Gasteiger partial charge in [0.25, 0.3) is 0 Å². The molecule has 5 nitrogen and oxygen atoms in total. The first-order valence-corrected chi connectivity index (χ1v) is 5.60. The summed E-state index contributed by atoms with van der Waals surface area (Å²) in [6.45, 7) is 2.07. The van der Waals surface area contributed by atoms with Crippen LogP contribution in [0.3, 0.4) is 0 Å². The molecule has 0 aliphatic heterocycles. The van der Waals surface area contributed by atoms with Gasteiger partial charge in [0.15, 0.2) is 0 Å². The average Bonchev–Trinajstić information content (AvgIpc) is 2.89. The van der Waals surface area contributed by atoms with Gasteiger partial charge in [-0.1, -0.05) is 0 Å². The van der Waals surface area contributed by atoms with Crippen LogP contribution in [0.1, 0.15) is 17.1 Å². The number of hydrogen-bond donors (Lipinski definition) is 1. The molecule has 0 spiro atoms. The van der Waals surface area contributed by atoms with Crippen LogP contribution in [-0.4, -0.2) is 21.5 Å². The molecule has 0 amide bonds. The molecule has 2 rings (SSSR count). The van der Waals surface area contributed by atoms with E-state index in [0.717, 1.165) is 30.2 Å². The Kier molecular flexibility index (Phi) is 3.61. The Bertz CT molecular complexity index is 474. The van der Waals surface area contributed by atoms with E-state index < -0.39 is 0 Å². The third kappa shape index (κ3) is 2.95. The van der Waals surface area contributed by atoms with Gasteiger partial charge in [0.1, 0.15) is 11.6 Å². The monoisotopic (exact) mass is 234 g/mol. The topological polar surface area (TPSA) is 60.2 Å². The predicted molar refractivity (Wildman–Crippen MR) is 65.0 cm³/mol. The summed E-state index contributed by atoms with van der Waals surface area (Å²) in [7, 11) is 4.04. The molecule has 0 aromatic carbocycles. The number of aryl methyl sites for hydroxylation is 1. The van der Waals surface area contributed by atoms with Crippen LogP contribution in [0.25, 0.3) is 0 Å². The van der Waals surface area contributed by atoms with Gasteiger partial charge < -0.3 is 14.7 Å². The van der Waals surface area contributed by atoms with Crippen molar-refractivity contribution in [2.45, 2.75) is 19.6 Å². The largest absolute Gasteiger partial charge is 0.468 e. The highest BCUT2D eigenvalue weighted by atomic mass is 16.3. The molecule has 2 heterocycles. The Morgan fingerprint density at radius 3 is 2.88 bits per heavy atom. The Hall–Kier alpha value is -1.59. The zero-order chi connectivity index (χ0) is 12.3. The highest BCUT2D eigenvalue weighted by Crippen LogP contribution is 2.10. The van der Waals surface area contributed by atoms with E-state index in [1.54, 1.807) is 6.26 Å². The molecule has 2 aromatic rings. The van der Waals surface area contributed by atoms with E-state index in [1.807, 2.05) is 37.1 Å². The molecule has 0 saturated heterocycles. The Morgan fingerprint density at radius 2 is 2.29 bits per heavy atom. The Balaban J connectivity index is 1.93. The predicted octanol–water partition coefficient (Wildman–Crippen LogP) is 1.10. The first kappa shape index (κ1) is 11.9. The van der Waals surface area contributed by atoms with Crippen molar-refractivity contribution in [3.8, 4) is 0 Å². The first-order valence-electron chi connectivity index (χ1n) is 5.60. The molecule has 5 heteroatoms. The minimum absolute atomic E-state index is 0.520. The fourth-order valence-corrected chi connectivity index (χ4v) is 1.73. The summed E-state index contributed by atoms with van der Waals surface area (Å²) >= 11 is 0. The summed E-state index contributed by atoms with van der Waals surface area (Å²) in [4.78, 5) is 6.44. The molecule has 0 aliphatic carbocycles. The summed E-state index contributed by atoms with van der Waals surface area (Å²) in [5.41, 5.74) is 6.57. The fraction of sp³-hybridized carbons (Fsp3) is 0.417. The third-order valence-electron chi connectivity index (χ3n) is 2.70. The van der Waals surface area contributed by atoms with E-state index in [2.05, 4.69) is 9.88 Å². The number of nitrogens with zero attached hydrogens (tertiary/aromatic N) is 3. The van der Waals surface area contributed by atoms with Crippen LogP contribution >= 0.6 is 0 Å². The lowest BCUT2D eigenvalue weighted by Gasteiger charge is -2.14. The maximum Gasteiger partial charge on any atom is 0.122 e. The molecule has 2 N–H and O–H groups in total. The number of furan rings is 1. The van der Waals surface area contributed by atoms with Gasteiger partial charge in [0.05, 0.1) is 19.4 Å². The fourth-order valence-electron chi connectivity index (χ4n) is 1.73.